The van der Waals surface area contributed by atoms with Crippen LogP contribution in [-0.2, 0) is 11.3 Å². The predicted octanol–water partition coefficient (Wildman–Crippen LogP) is 4.28. The molecule has 4 rings (SSSR count). The first-order valence-corrected chi connectivity index (χ1v) is 11.3. The molecule has 1 aliphatic rings. The van der Waals surface area contributed by atoms with E-state index in [-0.39, 0.29) is 35.4 Å². The number of nitrogens with zero attached hydrogens (tertiary/aromatic N) is 3. The van der Waals surface area contributed by atoms with Crippen LogP contribution < -0.4 is 5.32 Å². The summed E-state index contributed by atoms with van der Waals surface area (Å²) < 4.78 is 42.4. The van der Waals surface area contributed by atoms with Gasteiger partial charge in [0.1, 0.15) is 5.67 Å². The number of nitrogens with one attached hydrogen (secondary N) is 1. The number of benzene rings is 2. The van der Waals surface area contributed by atoms with Gasteiger partial charge in [-0.05, 0) is 49.6 Å². The van der Waals surface area contributed by atoms with Gasteiger partial charge >= 0.3 is 0 Å². The molecule has 2 atom stereocenters. The van der Waals surface area contributed by atoms with Gasteiger partial charge in [-0.3, -0.25) is 14.9 Å². The molecule has 1 aromatic heterocycles. The molecule has 0 saturated carbocycles. The van der Waals surface area contributed by atoms with E-state index in [9.17, 15) is 27.9 Å². The lowest BCUT2D eigenvalue weighted by atomic mass is 9.90. The van der Waals surface area contributed by atoms with Gasteiger partial charge in [0.2, 0.25) is 11.9 Å². The molecule has 2 heterocycles. The number of hydrogen-bond donors (Lipinski definition) is 2. The zero-order chi connectivity index (χ0) is 25.3. The minimum Gasteiger partial charge on any atom is -0.393 e. The summed E-state index contributed by atoms with van der Waals surface area (Å²) in [7, 11) is 1.76. The quantitative estimate of drug-likeness (QED) is 0.520. The molecule has 0 unspecified atom stereocenters. The smallest absolute Gasteiger partial charge is 0.263 e. The van der Waals surface area contributed by atoms with Crippen molar-refractivity contribution in [2.75, 3.05) is 25.5 Å². The van der Waals surface area contributed by atoms with Gasteiger partial charge in [0, 0.05) is 24.7 Å². The summed E-state index contributed by atoms with van der Waals surface area (Å²) in [6.07, 6.45) is -1.16. The van der Waals surface area contributed by atoms with Crippen molar-refractivity contribution >= 4 is 28.8 Å². The van der Waals surface area contributed by atoms with Gasteiger partial charge < -0.3 is 14.6 Å². The summed E-state index contributed by atoms with van der Waals surface area (Å²) in [6.45, 7) is 0.863. The third kappa shape index (κ3) is 5.17. The minimum absolute atomic E-state index is 0.00287. The first-order chi connectivity index (χ1) is 16.6. The van der Waals surface area contributed by atoms with Crippen molar-refractivity contribution in [3.8, 4) is 0 Å². The molecule has 0 aliphatic carbocycles. The topological polar surface area (TPSA) is 87.5 Å². The van der Waals surface area contributed by atoms with Gasteiger partial charge in [-0.2, -0.15) is 0 Å². The maximum atomic E-state index is 14.8. The Balaban J connectivity index is 1.72. The Morgan fingerprint density at radius 3 is 2.77 bits per heavy atom. The van der Waals surface area contributed by atoms with Crippen LogP contribution in [0.4, 0.5) is 19.1 Å². The number of hydrogen-bond acceptors (Lipinski definition) is 4. The third-order valence-electron chi connectivity index (χ3n) is 6.28. The number of likely N-dealkylation sites (tertiary alicyclic amines) is 1. The molecule has 186 valence electrons. The van der Waals surface area contributed by atoms with Gasteiger partial charge in [-0.25, -0.2) is 18.2 Å². The van der Waals surface area contributed by atoms with Crippen LogP contribution in [-0.4, -0.2) is 57.2 Å². The molecule has 0 bridgehead atoms. The Labute approximate surface area is 200 Å². The van der Waals surface area contributed by atoms with Crippen LogP contribution in [0.15, 0.2) is 42.5 Å². The summed E-state index contributed by atoms with van der Waals surface area (Å²) in [5, 5.41) is 12.0. The molecule has 2 N–H and O–H groups in total. The Morgan fingerprint density at radius 1 is 1.29 bits per heavy atom. The molecule has 2 amide bonds. The second kappa shape index (κ2) is 9.69. The SMILES string of the molecule is CN1CCC[C@@H](c2ccc3c(c2)nc(NC(=O)c2cccc(C(F)F)c2)n3C[C@@](C)(F)CO)C1=O. The number of anilines is 1. The second-order valence-electron chi connectivity index (χ2n) is 9.18. The van der Waals surface area contributed by atoms with Crippen LogP contribution in [0.3, 0.4) is 0 Å². The van der Waals surface area contributed by atoms with Crippen LogP contribution >= 0.6 is 0 Å². The van der Waals surface area contributed by atoms with Crippen LogP contribution in [0.1, 0.15) is 53.6 Å². The average Bonchev–Trinajstić information content (AvgIpc) is 3.16. The summed E-state index contributed by atoms with van der Waals surface area (Å²) in [5.41, 5.74) is -0.596. The fourth-order valence-corrected chi connectivity index (χ4v) is 4.33. The lowest BCUT2D eigenvalue weighted by molar-refractivity contribution is -0.133. The largest absolute Gasteiger partial charge is 0.393 e. The van der Waals surface area contributed by atoms with Crippen molar-refractivity contribution in [3.05, 3.63) is 59.2 Å². The zero-order valence-corrected chi connectivity index (χ0v) is 19.5. The Morgan fingerprint density at radius 2 is 2.06 bits per heavy atom. The molecule has 3 aromatic rings. The summed E-state index contributed by atoms with van der Waals surface area (Å²) in [5.74, 6) is -0.978. The Hall–Kier alpha value is -3.40. The molecule has 7 nitrogen and oxygen atoms in total. The Bertz CT molecular complexity index is 1260. The maximum Gasteiger partial charge on any atom is 0.263 e. The number of amides is 2. The number of carbonyl (C=O) groups excluding carboxylic acids is 2. The molecule has 1 aliphatic heterocycles. The van der Waals surface area contributed by atoms with E-state index in [1.165, 1.54) is 29.7 Å². The van der Waals surface area contributed by atoms with Crippen LogP contribution in [0.25, 0.3) is 11.0 Å². The van der Waals surface area contributed by atoms with E-state index in [1.54, 1.807) is 30.1 Å². The van der Waals surface area contributed by atoms with Crippen LogP contribution in [0, 0.1) is 0 Å². The van der Waals surface area contributed by atoms with Gasteiger partial charge in [0.05, 0.1) is 30.1 Å². The highest BCUT2D eigenvalue weighted by atomic mass is 19.3. The highest BCUT2D eigenvalue weighted by Gasteiger charge is 2.30. The molecular formula is C25H27F3N4O3. The molecule has 10 heteroatoms. The zero-order valence-electron chi connectivity index (χ0n) is 19.5. The van der Waals surface area contributed by atoms with Crippen molar-refractivity contribution in [1.29, 1.82) is 0 Å². The van der Waals surface area contributed by atoms with Gasteiger partial charge in [-0.15, -0.1) is 0 Å². The number of piperidine rings is 1. The van der Waals surface area contributed by atoms with E-state index < -0.39 is 24.6 Å². The third-order valence-corrected chi connectivity index (χ3v) is 6.28. The number of aliphatic hydroxyl groups excluding tert-OH is 1. The number of aromatic nitrogens is 2. The van der Waals surface area contributed by atoms with Gasteiger partial charge in [0.15, 0.2) is 0 Å². The van der Waals surface area contributed by atoms with E-state index in [0.717, 1.165) is 18.1 Å². The molecule has 35 heavy (non-hydrogen) atoms. The molecule has 0 radical (unpaired) electrons. The normalized spacial score (nSPS) is 18.2. The summed E-state index contributed by atoms with van der Waals surface area (Å²) in [6, 6.07) is 10.3. The number of halogens is 3. The maximum absolute atomic E-state index is 14.8. The monoisotopic (exact) mass is 488 g/mol. The number of likely N-dealkylation sites (N-methyl/N-ethyl adjacent to an activating group) is 1. The molecule has 2 aromatic carbocycles. The van der Waals surface area contributed by atoms with E-state index in [2.05, 4.69) is 10.3 Å². The molecule has 1 fully saturated rings. The number of fused-ring (bicyclic) bond motifs is 1. The lowest BCUT2D eigenvalue weighted by Crippen LogP contribution is -2.36. The minimum atomic E-state index is -2.73. The molecule has 1 saturated heterocycles. The van der Waals surface area contributed by atoms with Crippen LogP contribution in [0.5, 0.6) is 0 Å². The fourth-order valence-electron chi connectivity index (χ4n) is 4.33. The van der Waals surface area contributed by atoms with E-state index in [1.807, 2.05) is 0 Å². The lowest BCUT2D eigenvalue weighted by Gasteiger charge is -2.29. The van der Waals surface area contributed by atoms with Crippen molar-refractivity contribution in [3.63, 3.8) is 0 Å². The number of alkyl halides is 3. The second-order valence-corrected chi connectivity index (χ2v) is 9.18. The van der Waals surface area contributed by atoms with Crippen molar-refractivity contribution < 1.29 is 27.9 Å². The first-order valence-electron chi connectivity index (χ1n) is 11.3. The van der Waals surface area contributed by atoms with Crippen LogP contribution in [0.2, 0.25) is 0 Å². The number of carbonyl (C=O) groups is 2. The Kier molecular flexibility index (Phi) is 6.84. The van der Waals surface area contributed by atoms with Crippen molar-refractivity contribution in [1.82, 2.24) is 14.5 Å². The molecular weight excluding hydrogens is 461 g/mol. The highest BCUT2D eigenvalue weighted by molar-refractivity contribution is 6.04. The fraction of sp³-hybridized carbons (Fsp3) is 0.400. The standard InChI is InChI=1S/C25H27F3N4O3/c1-25(28,14-33)13-32-20-9-8-15(18-7-4-10-31(2)23(18)35)12-19(20)29-24(32)30-22(34)17-6-3-5-16(11-17)21(26)27/h3,5-6,8-9,11-12,18,21,33H,4,7,10,13-14H2,1-2H3,(H,29,30,34)/t18-,25+/m0/s1. The van der Waals surface area contributed by atoms with E-state index in [0.29, 0.717) is 24.0 Å². The number of rotatable bonds is 7. The van der Waals surface area contributed by atoms with Gasteiger partial charge in [0.25, 0.3) is 12.3 Å². The molecule has 0 spiro atoms. The number of imidazole rings is 1. The van der Waals surface area contributed by atoms with Gasteiger partial charge in [-0.1, -0.05) is 18.2 Å². The average molecular weight is 489 g/mol. The summed E-state index contributed by atoms with van der Waals surface area (Å²) >= 11 is 0. The number of aliphatic hydroxyl groups is 1. The first kappa shape index (κ1) is 24.7. The predicted molar refractivity (Wildman–Crippen MR) is 125 cm³/mol. The van der Waals surface area contributed by atoms with E-state index >= 15 is 0 Å². The van der Waals surface area contributed by atoms with Crippen molar-refractivity contribution in [2.24, 2.45) is 0 Å². The highest BCUT2D eigenvalue weighted by Crippen LogP contribution is 2.32. The van der Waals surface area contributed by atoms with Crippen molar-refractivity contribution in [2.45, 2.75) is 44.3 Å². The van der Waals surface area contributed by atoms with E-state index in [4.69, 9.17) is 0 Å². The summed E-state index contributed by atoms with van der Waals surface area (Å²) in [4.78, 5) is 31.6.